The molecule has 1 aromatic rings. The maximum atomic E-state index is 12.4. The molecule has 0 atom stereocenters. The van der Waals surface area contributed by atoms with Gasteiger partial charge in [-0.25, -0.2) is 0 Å². The molecule has 2 aliphatic rings. The Morgan fingerprint density at radius 2 is 1.88 bits per heavy atom. The summed E-state index contributed by atoms with van der Waals surface area (Å²) in [6, 6.07) is 8.01. The van der Waals surface area contributed by atoms with Crippen molar-refractivity contribution in [2.24, 2.45) is 5.73 Å². The number of carbonyl (C=O) groups is 2. The van der Waals surface area contributed by atoms with Crippen LogP contribution in [0.4, 0.5) is 5.69 Å². The first kappa shape index (κ1) is 16.9. The Balaban J connectivity index is 1.60. The summed E-state index contributed by atoms with van der Waals surface area (Å²) >= 11 is 0. The zero-order valence-corrected chi connectivity index (χ0v) is 14.1. The lowest BCUT2D eigenvalue weighted by Gasteiger charge is -2.31. The van der Waals surface area contributed by atoms with E-state index in [4.69, 9.17) is 10.5 Å². The second kappa shape index (κ2) is 6.91. The van der Waals surface area contributed by atoms with Crippen molar-refractivity contribution in [1.82, 2.24) is 4.90 Å². The molecule has 24 heavy (non-hydrogen) atoms. The van der Waals surface area contributed by atoms with Crippen LogP contribution in [0.15, 0.2) is 24.3 Å². The smallest absolute Gasteiger partial charge is 0.244 e. The molecule has 1 heterocycles. The van der Waals surface area contributed by atoms with Gasteiger partial charge in [0.15, 0.2) is 0 Å². The van der Waals surface area contributed by atoms with Crippen LogP contribution >= 0.6 is 0 Å². The fourth-order valence-electron chi connectivity index (χ4n) is 2.99. The van der Waals surface area contributed by atoms with E-state index in [1.54, 1.807) is 6.92 Å². The molecule has 2 fully saturated rings. The highest BCUT2D eigenvalue weighted by Gasteiger charge is 2.36. The normalized spacial score (nSPS) is 19.6. The number of benzene rings is 1. The van der Waals surface area contributed by atoms with E-state index in [1.807, 2.05) is 29.2 Å². The zero-order chi connectivity index (χ0) is 17.2. The summed E-state index contributed by atoms with van der Waals surface area (Å²) in [6.07, 6.45) is 3.25. The molecule has 6 nitrogen and oxygen atoms in total. The Hall–Kier alpha value is -1.92. The summed E-state index contributed by atoms with van der Waals surface area (Å²) in [6.45, 7) is 3.27. The number of nitrogens with one attached hydrogen (secondary N) is 1. The molecule has 3 N–H and O–H groups in total. The number of nitrogens with two attached hydrogens (primary N) is 1. The van der Waals surface area contributed by atoms with Gasteiger partial charge < -0.3 is 20.7 Å². The average molecular weight is 331 g/mol. The molecule has 1 saturated heterocycles. The number of hydrogen-bond acceptors (Lipinski definition) is 4. The molecule has 0 radical (unpaired) electrons. The molecule has 0 aromatic heterocycles. The Labute approximate surface area is 142 Å². The maximum Gasteiger partial charge on any atom is 0.244 e. The molecule has 3 rings (SSSR count). The average Bonchev–Trinajstić information content (AvgIpc) is 3.39. The van der Waals surface area contributed by atoms with E-state index < -0.39 is 5.54 Å². The highest BCUT2D eigenvalue weighted by Crippen LogP contribution is 2.28. The van der Waals surface area contributed by atoms with Crippen molar-refractivity contribution in [3.05, 3.63) is 29.8 Å². The van der Waals surface area contributed by atoms with E-state index in [0.29, 0.717) is 38.6 Å². The highest BCUT2D eigenvalue weighted by molar-refractivity contribution is 5.98. The van der Waals surface area contributed by atoms with Gasteiger partial charge in [-0.15, -0.1) is 0 Å². The summed E-state index contributed by atoms with van der Waals surface area (Å²) in [7, 11) is 0. The predicted molar refractivity (Wildman–Crippen MR) is 91.3 cm³/mol. The van der Waals surface area contributed by atoms with Gasteiger partial charge in [-0.2, -0.15) is 0 Å². The maximum absolute atomic E-state index is 12.4. The molecule has 0 bridgehead atoms. The highest BCUT2D eigenvalue weighted by atomic mass is 16.5. The van der Waals surface area contributed by atoms with Crippen molar-refractivity contribution in [3.8, 4) is 0 Å². The van der Waals surface area contributed by atoms with Crippen molar-refractivity contribution in [1.29, 1.82) is 0 Å². The van der Waals surface area contributed by atoms with Crippen LogP contribution in [0.1, 0.15) is 38.2 Å². The summed E-state index contributed by atoms with van der Waals surface area (Å²) in [5, 5.41) is 2.89. The minimum absolute atomic E-state index is 0.111. The summed E-state index contributed by atoms with van der Waals surface area (Å²) in [5.41, 5.74) is 7.11. The van der Waals surface area contributed by atoms with Crippen molar-refractivity contribution in [2.45, 2.75) is 50.7 Å². The molecule has 1 aliphatic heterocycles. The van der Waals surface area contributed by atoms with Crippen LogP contribution in [-0.2, 0) is 20.9 Å². The topological polar surface area (TPSA) is 84.7 Å². The quantitative estimate of drug-likeness (QED) is 0.859. The van der Waals surface area contributed by atoms with Gasteiger partial charge in [-0.1, -0.05) is 12.1 Å². The molecule has 1 aliphatic carbocycles. The molecule has 6 heteroatoms. The van der Waals surface area contributed by atoms with E-state index >= 15 is 0 Å². The SMILES string of the molecule is CC(=O)N(Cc1ccc(NC(=O)C2(N)CCOCC2)cc1)C1CC1. The lowest BCUT2D eigenvalue weighted by Crippen LogP contribution is -2.54. The van der Waals surface area contributed by atoms with Gasteiger partial charge in [0.2, 0.25) is 11.8 Å². The molecular weight excluding hydrogens is 306 g/mol. The predicted octanol–water partition coefficient (Wildman–Crippen LogP) is 1.64. The lowest BCUT2D eigenvalue weighted by molar-refractivity contribution is -0.130. The number of hydrogen-bond donors (Lipinski definition) is 2. The molecule has 2 amide bonds. The Kier molecular flexibility index (Phi) is 4.87. The third-order valence-electron chi connectivity index (χ3n) is 4.79. The van der Waals surface area contributed by atoms with Gasteiger partial charge in [0, 0.05) is 38.4 Å². The largest absolute Gasteiger partial charge is 0.381 e. The van der Waals surface area contributed by atoms with Crippen LogP contribution in [0.25, 0.3) is 0 Å². The zero-order valence-electron chi connectivity index (χ0n) is 14.1. The van der Waals surface area contributed by atoms with E-state index in [0.717, 1.165) is 24.1 Å². The number of nitrogens with zero attached hydrogens (tertiary/aromatic N) is 1. The van der Waals surface area contributed by atoms with Gasteiger partial charge in [0.1, 0.15) is 5.54 Å². The van der Waals surface area contributed by atoms with Crippen molar-refractivity contribution in [3.63, 3.8) is 0 Å². The van der Waals surface area contributed by atoms with Gasteiger partial charge in [0.05, 0.1) is 0 Å². The van der Waals surface area contributed by atoms with E-state index in [1.165, 1.54) is 0 Å². The minimum atomic E-state index is -0.853. The standard InChI is InChI=1S/C18H25N3O3/c1-13(22)21(16-6-7-16)12-14-2-4-15(5-3-14)20-17(23)18(19)8-10-24-11-9-18/h2-5,16H,6-12,19H2,1H3,(H,20,23). The Bertz CT molecular complexity index is 604. The fraction of sp³-hybridized carbons (Fsp3) is 0.556. The second-order valence-corrected chi connectivity index (χ2v) is 6.80. The van der Waals surface area contributed by atoms with Crippen molar-refractivity contribution >= 4 is 17.5 Å². The van der Waals surface area contributed by atoms with Gasteiger partial charge >= 0.3 is 0 Å². The van der Waals surface area contributed by atoms with Crippen LogP contribution < -0.4 is 11.1 Å². The van der Waals surface area contributed by atoms with Crippen molar-refractivity contribution < 1.29 is 14.3 Å². The molecule has 1 aromatic carbocycles. The van der Waals surface area contributed by atoms with Crippen LogP contribution in [-0.4, -0.2) is 41.5 Å². The molecule has 1 saturated carbocycles. The first-order valence-electron chi connectivity index (χ1n) is 8.52. The van der Waals surface area contributed by atoms with E-state index in [-0.39, 0.29) is 11.8 Å². The first-order valence-corrected chi connectivity index (χ1v) is 8.52. The number of amides is 2. The summed E-state index contributed by atoms with van der Waals surface area (Å²) < 4.78 is 5.27. The Morgan fingerprint density at radius 1 is 1.25 bits per heavy atom. The van der Waals surface area contributed by atoms with Crippen LogP contribution in [0.5, 0.6) is 0 Å². The Morgan fingerprint density at radius 3 is 2.42 bits per heavy atom. The number of anilines is 1. The van der Waals surface area contributed by atoms with Crippen LogP contribution in [0.3, 0.4) is 0 Å². The van der Waals surface area contributed by atoms with Crippen LogP contribution in [0.2, 0.25) is 0 Å². The third-order valence-corrected chi connectivity index (χ3v) is 4.79. The first-order chi connectivity index (χ1) is 11.5. The molecule has 130 valence electrons. The fourth-order valence-corrected chi connectivity index (χ4v) is 2.99. The number of rotatable bonds is 5. The van der Waals surface area contributed by atoms with Gasteiger partial charge in [0.25, 0.3) is 0 Å². The van der Waals surface area contributed by atoms with E-state index in [9.17, 15) is 9.59 Å². The summed E-state index contributed by atoms with van der Waals surface area (Å²) in [5.74, 6) is -0.0543. The molecule has 0 spiro atoms. The molecule has 0 unspecified atom stereocenters. The lowest BCUT2D eigenvalue weighted by atomic mass is 9.90. The minimum Gasteiger partial charge on any atom is -0.381 e. The van der Waals surface area contributed by atoms with Crippen molar-refractivity contribution in [2.75, 3.05) is 18.5 Å². The summed E-state index contributed by atoms with van der Waals surface area (Å²) in [4.78, 5) is 26.0. The third kappa shape index (κ3) is 3.94. The number of carbonyl (C=O) groups excluding carboxylic acids is 2. The number of ether oxygens (including phenoxy) is 1. The molecular formula is C18H25N3O3. The second-order valence-electron chi connectivity index (χ2n) is 6.80. The van der Waals surface area contributed by atoms with E-state index in [2.05, 4.69) is 5.32 Å². The van der Waals surface area contributed by atoms with Gasteiger partial charge in [-0.3, -0.25) is 9.59 Å². The van der Waals surface area contributed by atoms with Crippen LogP contribution in [0, 0.1) is 0 Å². The van der Waals surface area contributed by atoms with Gasteiger partial charge in [-0.05, 0) is 43.4 Å². The monoisotopic (exact) mass is 331 g/mol.